The molecular formula is C16H22O2. The first-order chi connectivity index (χ1) is 8.49. The molecule has 0 heterocycles. The SMILES string of the molecule is CCOc1cc(CC)c2c(c1)C(C)(C)CCC2=O. The van der Waals surface area contributed by atoms with E-state index in [0.717, 1.165) is 29.7 Å². The summed E-state index contributed by atoms with van der Waals surface area (Å²) in [5, 5.41) is 0. The van der Waals surface area contributed by atoms with Gasteiger partial charge < -0.3 is 4.74 Å². The van der Waals surface area contributed by atoms with Crippen molar-refractivity contribution < 1.29 is 9.53 Å². The van der Waals surface area contributed by atoms with Crippen molar-refractivity contribution in [3.8, 4) is 5.75 Å². The second-order valence-electron chi connectivity index (χ2n) is 5.60. The fraction of sp³-hybridized carbons (Fsp3) is 0.562. The monoisotopic (exact) mass is 246 g/mol. The quantitative estimate of drug-likeness (QED) is 0.808. The third kappa shape index (κ3) is 2.16. The Morgan fingerprint density at radius 3 is 2.61 bits per heavy atom. The van der Waals surface area contributed by atoms with E-state index in [4.69, 9.17) is 4.74 Å². The van der Waals surface area contributed by atoms with E-state index >= 15 is 0 Å². The molecule has 0 bridgehead atoms. The van der Waals surface area contributed by atoms with Crippen molar-refractivity contribution in [2.45, 2.75) is 52.4 Å². The third-order valence-electron chi connectivity index (χ3n) is 3.87. The number of aryl methyl sites for hydroxylation is 1. The maximum absolute atomic E-state index is 12.2. The number of carbonyl (C=O) groups excluding carboxylic acids is 1. The molecule has 2 heteroatoms. The Hall–Kier alpha value is -1.31. The van der Waals surface area contributed by atoms with E-state index in [0.29, 0.717) is 18.8 Å². The molecule has 18 heavy (non-hydrogen) atoms. The van der Waals surface area contributed by atoms with Crippen LogP contribution in [0.2, 0.25) is 0 Å². The number of fused-ring (bicyclic) bond motifs is 1. The third-order valence-corrected chi connectivity index (χ3v) is 3.87. The predicted octanol–water partition coefficient (Wildman–Crippen LogP) is 3.90. The van der Waals surface area contributed by atoms with Crippen molar-refractivity contribution in [1.82, 2.24) is 0 Å². The van der Waals surface area contributed by atoms with E-state index in [-0.39, 0.29) is 5.41 Å². The lowest BCUT2D eigenvalue weighted by Gasteiger charge is -2.33. The van der Waals surface area contributed by atoms with E-state index in [9.17, 15) is 4.79 Å². The lowest BCUT2D eigenvalue weighted by Crippen LogP contribution is -2.28. The van der Waals surface area contributed by atoms with Crippen LogP contribution >= 0.6 is 0 Å². The van der Waals surface area contributed by atoms with Crippen LogP contribution in [0, 0.1) is 0 Å². The highest BCUT2D eigenvalue weighted by Gasteiger charge is 2.33. The number of carbonyl (C=O) groups is 1. The van der Waals surface area contributed by atoms with Gasteiger partial charge in [0.25, 0.3) is 0 Å². The standard InChI is InChI=1S/C16H22O2/c1-5-11-9-12(18-6-2)10-13-15(11)14(17)7-8-16(13,3)4/h9-10H,5-8H2,1-4H3. The van der Waals surface area contributed by atoms with Crippen LogP contribution in [-0.4, -0.2) is 12.4 Å². The number of ether oxygens (including phenoxy) is 1. The molecule has 0 radical (unpaired) electrons. The van der Waals surface area contributed by atoms with Gasteiger partial charge in [0, 0.05) is 12.0 Å². The van der Waals surface area contributed by atoms with Gasteiger partial charge in [-0.05, 0) is 48.4 Å². The van der Waals surface area contributed by atoms with E-state index in [1.54, 1.807) is 0 Å². The van der Waals surface area contributed by atoms with Gasteiger partial charge in [-0.1, -0.05) is 20.8 Å². The minimum atomic E-state index is 0.0697. The van der Waals surface area contributed by atoms with Gasteiger partial charge in [-0.25, -0.2) is 0 Å². The van der Waals surface area contributed by atoms with E-state index in [1.807, 2.05) is 13.0 Å². The average molecular weight is 246 g/mol. The number of rotatable bonds is 3. The summed E-state index contributed by atoms with van der Waals surface area (Å²) >= 11 is 0. The lowest BCUT2D eigenvalue weighted by molar-refractivity contribution is 0.0955. The highest BCUT2D eigenvalue weighted by molar-refractivity contribution is 6.00. The summed E-state index contributed by atoms with van der Waals surface area (Å²) in [7, 11) is 0. The summed E-state index contributed by atoms with van der Waals surface area (Å²) in [5.74, 6) is 1.19. The van der Waals surface area contributed by atoms with E-state index < -0.39 is 0 Å². The van der Waals surface area contributed by atoms with E-state index in [2.05, 4.69) is 26.8 Å². The van der Waals surface area contributed by atoms with Crippen molar-refractivity contribution in [1.29, 1.82) is 0 Å². The van der Waals surface area contributed by atoms with Crippen molar-refractivity contribution in [2.24, 2.45) is 0 Å². The van der Waals surface area contributed by atoms with Crippen molar-refractivity contribution >= 4 is 5.78 Å². The highest BCUT2D eigenvalue weighted by Crippen LogP contribution is 2.40. The normalized spacial score (nSPS) is 17.4. The maximum Gasteiger partial charge on any atom is 0.163 e. The Balaban J connectivity index is 2.63. The van der Waals surface area contributed by atoms with Gasteiger partial charge in [0.15, 0.2) is 5.78 Å². The van der Waals surface area contributed by atoms with E-state index in [1.165, 1.54) is 5.56 Å². The summed E-state index contributed by atoms with van der Waals surface area (Å²) in [6.07, 6.45) is 2.48. The second-order valence-corrected chi connectivity index (χ2v) is 5.60. The van der Waals surface area contributed by atoms with Gasteiger partial charge in [0.2, 0.25) is 0 Å². The molecule has 2 nitrogen and oxygen atoms in total. The minimum Gasteiger partial charge on any atom is -0.494 e. The number of hydrogen-bond acceptors (Lipinski definition) is 2. The van der Waals surface area contributed by atoms with Crippen molar-refractivity contribution in [3.05, 3.63) is 28.8 Å². The second kappa shape index (κ2) is 4.75. The molecule has 1 aliphatic carbocycles. The number of hydrogen-bond donors (Lipinski definition) is 0. The van der Waals surface area contributed by atoms with Crippen molar-refractivity contribution in [3.63, 3.8) is 0 Å². The molecule has 0 spiro atoms. The van der Waals surface area contributed by atoms with Gasteiger partial charge >= 0.3 is 0 Å². The first-order valence-electron chi connectivity index (χ1n) is 6.83. The molecule has 0 aliphatic heterocycles. The topological polar surface area (TPSA) is 26.3 Å². The van der Waals surface area contributed by atoms with Crippen LogP contribution < -0.4 is 4.74 Å². The molecule has 0 unspecified atom stereocenters. The molecule has 0 atom stereocenters. The van der Waals surface area contributed by atoms with Crippen LogP contribution in [0.1, 0.15) is 62.0 Å². The zero-order valence-electron chi connectivity index (χ0n) is 11.8. The number of ketones is 1. The zero-order valence-corrected chi connectivity index (χ0v) is 11.8. The smallest absolute Gasteiger partial charge is 0.163 e. The van der Waals surface area contributed by atoms with Gasteiger partial charge in [-0.15, -0.1) is 0 Å². The summed E-state index contributed by atoms with van der Waals surface area (Å²) in [4.78, 5) is 12.2. The van der Waals surface area contributed by atoms with Gasteiger partial charge in [-0.2, -0.15) is 0 Å². The molecule has 0 aromatic heterocycles. The number of benzene rings is 1. The molecule has 98 valence electrons. The van der Waals surface area contributed by atoms with Crippen LogP contribution in [0.5, 0.6) is 5.75 Å². The molecule has 1 aromatic rings. The Bertz CT molecular complexity index is 472. The van der Waals surface area contributed by atoms with Crippen LogP contribution in [0.15, 0.2) is 12.1 Å². The van der Waals surface area contributed by atoms with Crippen LogP contribution in [-0.2, 0) is 11.8 Å². The summed E-state index contributed by atoms with van der Waals surface area (Å²) in [6, 6.07) is 4.09. The largest absolute Gasteiger partial charge is 0.494 e. The summed E-state index contributed by atoms with van der Waals surface area (Å²) in [6.45, 7) is 9.18. The Kier molecular flexibility index (Phi) is 3.47. The first-order valence-corrected chi connectivity index (χ1v) is 6.83. The summed E-state index contributed by atoms with van der Waals surface area (Å²) in [5.41, 5.74) is 3.33. The van der Waals surface area contributed by atoms with Gasteiger partial charge in [-0.3, -0.25) is 4.79 Å². The van der Waals surface area contributed by atoms with Gasteiger partial charge in [0.1, 0.15) is 5.75 Å². The average Bonchev–Trinajstić information content (AvgIpc) is 2.34. The van der Waals surface area contributed by atoms with Crippen molar-refractivity contribution in [2.75, 3.05) is 6.61 Å². The molecule has 0 saturated heterocycles. The fourth-order valence-electron chi connectivity index (χ4n) is 2.75. The lowest BCUT2D eigenvalue weighted by atomic mass is 9.71. The number of Topliss-reactive ketones (excluding diaryl/α,β-unsaturated/α-hetero) is 1. The molecule has 1 aliphatic rings. The minimum absolute atomic E-state index is 0.0697. The Morgan fingerprint density at radius 1 is 1.28 bits per heavy atom. The molecule has 0 saturated carbocycles. The Morgan fingerprint density at radius 2 is 2.00 bits per heavy atom. The van der Waals surface area contributed by atoms with Crippen LogP contribution in [0.4, 0.5) is 0 Å². The summed E-state index contributed by atoms with van der Waals surface area (Å²) < 4.78 is 5.63. The first kappa shape index (κ1) is 13.1. The van der Waals surface area contributed by atoms with Crippen LogP contribution in [0.25, 0.3) is 0 Å². The predicted molar refractivity (Wildman–Crippen MR) is 73.6 cm³/mol. The molecule has 0 fully saturated rings. The Labute approximate surface area is 109 Å². The molecule has 1 aromatic carbocycles. The van der Waals surface area contributed by atoms with Crippen LogP contribution in [0.3, 0.4) is 0 Å². The van der Waals surface area contributed by atoms with Gasteiger partial charge in [0.05, 0.1) is 6.61 Å². The highest BCUT2D eigenvalue weighted by atomic mass is 16.5. The molecule has 2 rings (SSSR count). The zero-order chi connectivity index (χ0) is 13.3. The maximum atomic E-state index is 12.2. The molecule has 0 N–H and O–H groups in total. The fourth-order valence-corrected chi connectivity index (χ4v) is 2.75. The molecular weight excluding hydrogens is 224 g/mol. The molecule has 0 amide bonds.